The van der Waals surface area contributed by atoms with Gasteiger partial charge in [-0.05, 0) is 55.6 Å². The zero-order valence-electron chi connectivity index (χ0n) is 11.0. The zero-order valence-corrected chi connectivity index (χ0v) is 11.8. The third-order valence-electron chi connectivity index (χ3n) is 5.17. The van der Waals surface area contributed by atoms with Crippen LogP contribution in [0.5, 0.6) is 0 Å². The Labute approximate surface area is 114 Å². The highest BCUT2D eigenvalue weighted by molar-refractivity contribution is 8.01. The van der Waals surface area contributed by atoms with Gasteiger partial charge in [0.2, 0.25) is 0 Å². The highest BCUT2D eigenvalue weighted by Gasteiger charge is 2.54. The quantitative estimate of drug-likeness (QED) is 0.767. The predicted octanol–water partition coefficient (Wildman–Crippen LogP) is 3.23. The van der Waals surface area contributed by atoms with Gasteiger partial charge in [-0.15, -0.1) is 11.8 Å². The first-order valence-electron chi connectivity index (χ1n) is 7.26. The third-order valence-corrected chi connectivity index (χ3v) is 7.10. The van der Waals surface area contributed by atoms with Crippen molar-refractivity contribution in [2.24, 2.45) is 11.8 Å². The molecule has 1 nitrogen and oxygen atoms in total. The van der Waals surface area contributed by atoms with E-state index in [1.807, 2.05) is 0 Å². The third kappa shape index (κ3) is 1.51. The minimum absolute atomic E-state index is 0.401. The first-order chi connectivity index (χ1) is 8.78. The van der Waals surface area contributed by atoms with Crippen LogP contribution in [0.25, 0.3) is 0 Å². The molecule has 0 amide bonds. The molecular formula is C16H21NS. The number of hydrogen-bond acceptors (Lipinski definition) is 2. The van der Waals surface area contributed by atoms with Gasteiger partial charge in [-0.2, -0.15) is 0 Å². The molecular weight excluding hydrogens is 238 g/mol. The molecule has 1 aromatic rings. The van der Waals surface area contributed by atoms with Crippen molar-refractivity contribution >= 4 is 11.8 Å². The van der Waals surface area contributed by atoms with E-state index in [1.165, 1.54) is 31.4 Å². The van der Waals surface area contributed by atoms with Crippen LogP contribution in [0.3, 0.4) is 0 Å². The lowest BCUT2D eigenvalue weighted by molar-refractivity contribution is 0.299. The van der Waals surface area contributed by atoms with Crippen LogP contribution in [0, 0.1) is 11.8 Å². The summed E-state index contributed by atoms with van der Waals surface area (Å²) in [5.41, 5.74) is 3.23. The lowest BCUT2D eigenvalue weighted by Crippen LogP contribution is -2.48. The molecule has 3 aliphatic rings. The number of thioether (sulfide) groups is 1. The Kier molecular flexibility index (Phi) is 2.53. The van der Waals surface area contributed by atoms with Gasteiger partial charge in [-0.3, -0.25) is 5.32 Å². The summed E-state index contributed by atoms with van der Waals surface area (Å²) in [6, 6.07) is 9.82. The standard InChI is InChI=1S/C16H21NS/c1-11-10-18-16(17-11)14-6-7-15(16)9-13-5-3-2-4-12(13)8-14/h2-5,11,14-15,17H,6-10H2,1H3. The van der Waals surface area contributed by atoms with Crippen molar-refractivity contribution in [1.82, 2.24) is 5.32 Å². The highest BCUT2D eigenvalue weighted by atomic mass is 32.2. The molecule has 1 saturated heterocycles. The molecule has 4 rings (SSSR count). The largest absolute Gasteiger partial charge is 0.299 e. The minimum atomic E-state index is 0.401. The summed E-state index contributed by atoms with van der Waals surface area (Å²) in [5.74, 6) is 2.99. The van der Waals surface area contributed by atoms with Crippen molar-refractivity contribution in [3.05, 3.63) is 35.4 Å². The van der Waals surface area contributed by atoms with Crippen LogP contribution >= 0.6 is 11.8 Å². The van der Waals surface area contributed by atoms with Gasteiger partial charge >= 0.3 is 0 Å². The van der Waals surface area contributed by atoms with Gasteiger partial charge in [0, 0.05) is 11.8 Å². The number of rotatable bonds is 0. The summed E-state index contributed by atoms with van der Waals surface area (Å²) in [4.78, 5) is 0.401. The Morgan fingerprint density at radius 1 is 1.11 bits per heavy atom. The molecule has 2 heteroatoms. The average molecular weight is 259 g/mol. The topological polar surface area (TPSA) is 12.0 Å². The molecule has 1 saturated carbocycles. The van der Waals surface area contributed by atoms with Crippen molar-refractivity contribution < 1.29 is 0 Å². The molecule has 3 unspecified atom stereocenters. The van der Waals surface area contributed by atoms with E-state index in [-0.39, 0.29) is 0 Å². The summed E-state index contributed by atoms with van der Waals surface area (Å²) >= 11 is 2.23. The second-order valence-electron chi connectivity index (χ2n) is 6.30. The van der Waals surface area contributed by atoms with Crippen LogP contribution in [-0.2, 0) is 12.8 Å². The predicted molar refractivity (Wildman–Crippen MR) is 77.9 cm³/mol. The van der Waals surface area contributed by atoms with Crippen molar-refractivity contribution in [1.29, 1.82) is 0 Å². The van der Waals surface area contributed by atoms with Gasteiger partial charge in [0.15, 0.2) is 0 Å². The van der Waals surface area contributed by atoms with Crippen LogP contribution < -0.4 is 5.32 Å². The summed E-state index contributed by atoms with van der Waals surface area (Å²) in [7, 11) is 0. The average Bonchev–Trinajstić information content (AvgIpc) is 2.83. The van der Waals surface area contributed by atoms with Gasteiger partial charge in [0.1, 0.15) is 0 Å². The molecule has 1 spiro atoms. The van der Waals surface area contributed by atoms with E-state index >= 15 is 0 Å². The molecule has 2 fully saturated rings. The van der Waals surface area contributed by atoms with E-state index in [9.17, 15) is 0 Å². The molecule has 18 heavy (non-hydrogen) atoms. The van der Waals surface area contributed by atoms with Crippen LogP contribution in [0.4, 0.5) is 0 Å². The SMILES string of the molecule is CC1CSC2(N1)C1CCC2Cc2ccccc2C1. The van der Waals surface area contributed by atoms with Gasteiger partial charge in [-0.1, -0.05) is 24.3 Å². The fraction of sp³-hybridized carbons (Fsp3) is 0.625. The normalized spacial score (nSPS) is 41.9. The minimum Gasteiger partial charge on any atom is -0.299 e. The fourth-order valence-electron chi connectivity index (χ4n) is 4.36. The Hall–Kier alpha value is -0.470. The molecule has 1 heterocycles. The molecule has 3 atom stereocenters. The molecule has 1 aliphatic heterocycles. The van der Waals surface area contributed by atoms with E-state index < -0.39 is 0 Å². The van der Waals surface area contributed by atoms with E-state index in [1.54, 1.807) is 11.1 Å². The van der Waals surface area contributed by atoms with E-state index in [0.29, 0.717) is 10.9 Å². The second-order valence-corrected chi connectivity index (χ2v) is 7.60. The first kappa shape index (κ1) is 11.4. The Morgan fingerprint density at radius 3 is 2.22 bits per heavy atom. The van der Waals surface area contributed by atoms with Gasteiger partial charge < -0.3 is 0 Å². The van der Waals surface area contributed by atoms with Crippen molar-refractivity contribution in [3.8, 4) is 0 Å². The number of benzene rings is 1. The number of nitrogens with one attached hydrogen (secondary N) is 1. The summed E-state index contributed by atoms with van der Waals surface area (Å²) < 4.78 is 0. The van der Waals surface area contributed by atoms with Crippen molar-refractivity contribution in [2.75, 3.05) is 5.75 Å². The van der Waals surface area contributed by atoms with Crippen LogP contribution in [0.1, 0.15) is 30.9 Å². The Morgan fingerprint density at radius 2 is 1.72 bits per heavy atom. The molecule has 1 N–H and O–H groups in total. The summed E-state index contributed by atoms with van der Waals surface area (Å²) in [5, 5.41) is 3.97. The molecule has 1 aromatic carbocycles. The molecule has 0 aromatic heterocycles. The van der Waals surface area contributed by atoms with Gasteiger partial charge in [-0.25, -0.2) is 0 Å². The highest BCUT2D eigenvalue weighted by Crippen LogP contribution is 2.55. The van der Waals surface area contributed by atoms with Crippen LogP contribution in [0.15, 0.2) is 24.3 Å². The number of hydrogen-bond donors (Lipinski definition) is 1. The maximum Gasteiger partial charge on any atom is 0.0711 e. The monoisotopic (exact) mass is 259 g/mol. The van der Waals surface area contributed by atoms with Crippen molar-refractivity contribution in [2.45, 2.75) is 43.5 Å². The maximum absolute atomic E-state index is 3.97. The zero-order chi connectivity index (χ0) is 12.2. The Balaban J connectivity index is 1.75. The van der Waals surface area contributed by atoms with E-state index in [4.69, 9.17) is 0 Å². The summed E-state index contributed by atoms with van der Waals surface area (Å²) in [6.07, 6.45) is 5.43. The van der Waals surface area contributed by atoms with Crippen LogP contribution in [0.2, 0.25) is 0 Å². The molecule has 2 bridgehead atoms. The number of fused-ring (bicyclic) bond motifs is 1. The van der Waals surface area contributed by atoms with Crippen LogP contribution in [-0.4, -0.2) is 16.7 Å². The van der Waals surface area contributed by atoms with Crippen molar-refractivity contribution in [3.63, 3.8) is 0 Å². The first-order valence-corrected chi connectivity index (χ1v) is 8.25. The lowest BCUT2D eigenvalue weighted by Gasteiger charge is -2.35. The smallest absolute Gasteiger partial charge is 0.0711 e. The fourth-order valence-corrected chi connectivity index (χ4v) is 6.13. The summed E-state index contributed by atoms with van der Waals surface area (Å²) in [6.45, 7) is 2.35. The lowest BCUT2D eigenvalue weighted by atomic mass is 9.93. The molecule has 96 valence electrons. The second kappa shape index (κ2) is 4.01. The maximum atomic E-state index is 3.97. The molecule has 0 radical (unpaired) electrons. The van der Waals surface area contributed by atoms with E-state index in [2.05, 4.69) is 48.3 Å². The van der Waals surface area contributed by atoms with Gasteiger partial charge in [0.25, 0.3) is 0 Å². The Bertz CT molecular complexity index is 437. The van der Waals surface area contributed by atoms with Gasteiger partial charge in [0.05, 0.1) is 4.87 Å². The van der Waals surface area contributed by atoms with E-state index in [0.717, 1.165) is 11.8 Å². The molecule has 2 aliphatic carbocycles.